The molecule has 3 aromatic carbocycles. The maximum Gasteiger partial charge on any atom is 0.263 e. The molecule has 0 aliphatic carbocycles. The molecule has 1 aliphatic heterocycles. The second kappa shape index (κ2) is 12.9. The molecule has 1 saturated heterocycles. The summed E-state index contributed by atoms with van der Waals surface area (Å²) in [5.41, 5.74) is 1.68. The van der Waals surface area contributed by atoms with Gasteiger partial charge in [0.1, 0.15) is 12.4 Å². The standard InChI is InChI=1S/C29H27BrClFN2O4/c1-20(38-27-9-5-4-8-25(27)32)29(36)34-16-14-33(15-17-34)28(35)13-10-21-18-23(31)11-12-26(21)37-19-22-6-2-3-7-24(22)30/h2-13,18,20H,14-17,19H2,1H3/b13-10+. The minimum Gasteiger partial charge on any atom is -0.488 e. The van der Waals surface area contributed by atoms with Crippen molar-refractivity contribution in [1.82, 2.24) is 9.80 Å². The van der Waals surface area contributed by atoms with Crippen molar-refractivity contribution < 1.29 is 23.5 Å². The Hall–Kier alpha value is -3.36. The molecule has 9 heteroatoms. The zero-order valence-electron chi connectivity index (χ0n) is 20.8. The first-order valence-corrected chi connectivity index (χ1v) is 13.3. The van der Waals surface area contributed by atoms with Gasteiger partial charge in [0.2, 0.25) is 5.91 Å². The van der Waals surface area contributed by atoms with Crippen LogP contribution >= 0.6 is 27.5 Å². The first kappa shape index (κ1) is 27.7. The number of ether oxygens (including phenoxy) is 2. The summed E-state index contributed by atoms with van der Waals surface area (Å²) >= 11 is 9.71. The fourth-order valence-electron chi connectivity index (χ4n) is 4.00. The van der Waals surface area contributed by atoms with Crippen LogP contribution in [-0.4, -0.2) is 53.9 Å². The van der Waals surface area contributed by atoms with Gasteiger partial charge in [0, 0.05) is 52.9 Å². The molecule has 0 N–H and O–H groups in total. The summed E-state index contributed by atoms with van der Waals surface area (Å²) in [7, 11) is 0. The van der Waals surface area contributed by atoms with Crippen LogP contribution in [-0.2, 0) is 16.2 Å². The van der Waals surface area contributed by atoms with Gasteiger partial charge in [-0.15, -0.1) is 0 Å². The van der Waals surface area contributed by atoms with Gasteiger partial charge < -0.3 is 19.3 Å². The van der Waals surface area contributed by atoms with Gasteiger partial charge in [-0.2, -0.15) is 0 Å². The van der Waals surface area contributed by atoms with Gasteiger partial charge in [-0.05, 0) is 49.4 Å². The van der Waals surface area contributed by atoms with E-state index in [0.717, 1.165) is 10.0 Å². The lowest BCUT2D eigenvalue weighted by Gasteiger charge is -2.35. The molecule has 4 rings (SSSR count). The number of carbonyl (C=O) groups is 2. The summed E-state index contributed by atoms with van der Waals surface area (Å²) in [4.78, 5) is 29.0. The second-order valence-corrected chi connectivity index (χ2v) is 10.0. The topological polar surface area (TPSA) is 59.1 Å². The predicted molar refractivity (Wildman–Crippen MR) is 149 cm³/mol. The average molecular weight is 602 g/mol. The summed E-state index contributed by atoms with van der Waals surface area (Å²) in [6.07, 6.45) is 2.33. The highest BCUT2D eigenvalue weighted by Crippen LogP contribution is 2.26. The van der Waals surface area contributed by atoms with E-state index < -0.39 is 11.9 Å². The summed E-state index contributed by atoms with van der Waals surface area (Å²) in [5.74, 6) is -0.303. The lowest BCUT2D eigenvalue weighted by molar-refractivity contribution is -0.142. The van der Waals surface area contributed by atoms with Gasteiger partial charge in [0.25, 0.3) is 5.91 Å². The number of piperazine rings is 1. The number of nitrogens with zero attached hydrogens (tertiary/aromatic N) is 2. The SMILES string of the molecule is CC(Oc1ccccc1F)C(=O)N1CCN(C(=O)/C=C/c2cc(Cl)ccc2OCc2ccccc2Br)CC1. The summed E-state index contributed by atoms with van der Waals surface area (Å²) in [6, 6.07) is 19.0. The van der Waals surface area contributed by atoms with Crippen LogP contribution in [0.4, 0.5) is 4.39 Å². The average Bonchev–Trinajstić information content (AvgIpc) is 2.93. The molecule has 198 valence electrons. The highest BCUT2D eigenvalue weighted by Gasteiger charge is 2.27. The molecule has 38 heavy (non-hydrogen) atoms. The summed E-state index contributed by atoms with van der Waals surface area (Å²) < 4.78 is 26.3. The Balaban J connectivity index is 1.32. The molecule has 3 aromatic rings. The first-order chi connectivity index (χ1) is 18.3. The highest BCUT2D eigenvalue weighted by molar-refractivity contribution is 9.10. The number of halogens is 3. The quantitative estimate of drug-likeness (QED) is 0.299. The van der Waals surface area contributed by atoms with Crippen LogP contribution < -0.4 is 9.47 Å². The Bertz CT molecular complexity index is 1330. The van der Waals surface area contributed by atoms with Crippen molar-refractivity contribution in [1.29, 1.82) is 0 Å². The van der Waals surface area contributed by atoms with E-state index in [1.54, 1.807) is 53.1 Å². The lowest BCUT2D eigenvalue weighted by Crippen LogP contribution is -2.53. The molecule has 2 amide bonds. The zero-order chi connectivity index (χ0) is 27.1. The Labute approximate surface area is 234 Å². The van der Waals surface area contributed by atoms with E-state index in [1.807, 2.05) is 24.3 Å². The van der Waals surface area contributed by atoms with Crippen LogP contribution in [0.25, 0.3) is 6.08 Å². The first-order valence-electron chi connectivity index (χ1n) is 12.1. The van der Waals surface area contributed by atoms with Crippen LogP contribution in [0.3, 0.4) is 0 Å². The van der Waals surface area contributed by atoms with Gasteiger partial charge in [0.15, 0.2) is 17.7 Å². The molecule has 1 aliphatic rings. The van der Waals surface area contributed by atoms with Crippen molar-refractivity contribution in [2.24, 2.45) is 0 Å². The van der Waals surface area contributed by atoms with E-state index in [-0.39, 0.29) is 17.6 Å². The molecular formula is C29H27BrClFN2O4. The third-order valence-electron chi connectivity index (χ3n) is 6.11. The van der Waals surface area contributed by atoms with Gasteiger partial charge in [-0.1, -0.05) is 57.9 Å². The molecule has 1 heterocycles. The van der Waals surface area contributed by atoms with E-state index in [2.05, 4.69) is 15.9 Å². The van der Waals surface area contributed by atoms with Crippen LogP contribution in [0.15, 0.2) is 77.3 Å². The van der Waals surface area contributed by atoms with Crippen molar-refractivity contribution in [3.63, 3.8) is 0 Å². The van der Waals surface area contributed by atoms with Crippen molar-refractivity contribution >= 4 is 45.4 Å². The van der Waals surface area contributed by atoms with Crippen LogP contribution in [0.5, 0.6) is 11.5 Å². The van der Waals surface area contributed by atoms with Crippen molar-refractivity contribution in [2.45, 2.75) is 19.6 Å². The van der Waals surface area contributed by atoms with E-state index >= 15 is 0 Å². The number of hydrogen-bond donors (Lipinski definition) is 0. The van der Waals surface area contributed by atoms with Crippen molar-refractivity contribution in [3.8, 4) is 11.5 Å². The number of para-hydroxylation sites is 1. The van der Waals surface area contributed by atoms with Gasteiger partial charge in [-0.25, -0.2) is 4.39 Å². The lowest BCUT2D eigenvalue weighted by atomic mass is 10.1. The molecule has 1 unspecified atom stereocenters. The van der Waals surface area contributed by atoms with E-state index in [1.165, 1.54) is 18.2 Å². The smallest absolute Gasteiger partial charge is 0.263 e. The predicted octanol–water partition coefficient (Wildman–Crippen LogP) is 5.97. The summed E-state index contributed by atoms with van der Waals surface area (Å²) in [5, 5.41) is 0.532. The molecule has 1 atom stereocenters. The number of hydrogen-bond acceptors (Lipinski definition) is 4. The largest absolute Gasteiger partial charge is 0.488 e. The minimum atomic E-state index is -0.841. The molecule has 0 saturated carbocycles. The third kappa shape index (κ3) is 7.14. The van der Waals surface area contributed by atoms with Crippen molar-refractivity contribution in [2.75, 3.05) is 26.2 Å². The Kier molecular flexibility index (Phi) is 9.42. The van der Waals surface area contributed by atoms with E-state index in [4.69, 9.17) is 21.1 Å². The molecular weight excluding hydrogens is 575 g/mol. The number of rotatable bonds is 8. The normalized spacial score (nSPS) is 14.4. The van der Waals surface area contributed by atoms with Gasteiger partial charge in [0.05, 0.1) is 0 Å². The molecule has 0 radical (unpaired) electrons. The molecule has 0 spiro atoms. The van der Waals surface area contributed by atoms with Crippen LogP contribution in [0.1, 0.15) is 18.1 Å². The van der Waals surface area contributed by atoms with Crippen LogP contribution in [0, 0.1) is 5.82 Å². The minimum absolute atomic E-state index is 0.0352. The maximum atomic E-state index is 13.9. The monoisotopic (exact) mass is 600 g/mol. The molecule has 1 fully saturated rings. The third-order valence-corrected chi connectivity index (χ3v) is 7.12. The van der Waals surface area contributed by atoms with Gasteiger partial charge in [-0.3, -0.25) is 9.59 Å². The molecule has 0 aromatic heterocycles. The number of benzene rings is 3. The highest BCUT2D eigenvalue weighted by atomic mass is 79.9. The Morgan fingerprint density at radius 1 is 1.00 bits per heavy atom. The fraction of sp³-hybridized carbons (Fsp3) is 0.241. The fourth-order valence-corrected chi connectivity index (χ4v) is 4.58. The molecule has 0 bridgehead atoms. The Morgan fingerprint density at radius 3 is 2.42 bits per heavy atom. The van der Waals surface area contributed by atoms with E-state index in [0.29, 0.717) is 49.1 Å². The number of carbonyl (C=O) groups excluding carboxylic acids is 2. The summed E-state index contributed by atoms with van der Waals surface area (Å²) in [6.45, 7) is 3.43. The molecule has 6 nitrogen and oxygen atoms in total. The Morgan fingerprint density at radius 2 is 1.68 bits per heavy atom. The number of amides is 2. The second-order valence-electron chi connectivity index (χ2n) is 8.74. The zero-order valence-corrected chi connectivity index (χ0v) is 23.1. The van der Waals surface area contributed by atoms with E-state index in [9.17, 15) is 14.0 Å². The maximum absolute atomic E-state index is 13.9. The van der Waals surface area contributed by atoms with Crippen LogP contribution in [0.2, 0.25) is 5.02 Å². The van der Waals surface area contributed by atoms with Crippen molar-refractivity contribution in [3.05, 3.63) is 99.2 Å². The van der Waals surface area contributed by atoms with Gasteiger partial charge >= 0.3 is 0 Å².